The van der Waals surface area contributed by atoms with E-state index in [0.29, 0.717) is 12.0 Å². The molecule has 0 spiro atoms. The van der Waals surface area contributed by atoms with Crippen LogP contribution in [0.4, 0.5) is 0 Å². The number of amides is 3. The second-order valence-corrected chi connectivity index (χ2v) is 9.90. The van der Waals surface area contributed by atoms with Gasteiger partial charge in [0.1, 0.15) is 23.5 Å². The third-order valence-electron chi connectivity index (χ3n) is 6.12. The Hall–Kier alpha value is -4.29. The van der Waals surface area contributed by atoms with Crippen molar-refractivity contribution in [1.82, 2.24) is 25.9 Å². The first-order chi connectivity index (χ1) is 19.1. The Kier molecular flexibility index (Phi) is 11.2. The van der Waals surface area contributed by atoms with Gasteiger partial charge in [-0.05, 0) is 35.6 Å². The molecule has 210 valence electrons. The molecule has 0 fully saturated rings. The maximum Gasteiger partial charge on any atom is 0.475 e. The van der Waals surface area contributed by atoms with Crippen LogP contribution in [0.1, 0.15) is 41.9 Å². The minimum atomic E-state index is -1.78. The Morgan fingerprint density at radius 1 is 0.825 bits per heavy atom. The van der Waals surface area contributed by atoms with Crippen LogP contribution in [0, 0.1) is 5.92 Å². The maximum atomic E-state index is 13.6. The molecule has 0 aliphatic heterocycles. The lowest BCUT2D eigenvalue weighted by Crippen LogP contribution is -2.58. The first-order valence-corrected chi connectivity index (χ1v) is 13.0. The van der Waals surface area contributed by atoms with Crippen LogP contribution in [0.3, 0.4) is 0 Å². The normalized spacial score (nSPS) is 13.1. The van der Waals surface area contributed by atoms with Gasteiger partial charge in [-0.15, -0.1) is 0 Å². The summed E-state index contributed by atoms with van der Waals surface area (Å²) in [6.45, 7) is 3.77. The van der Waals surface area contributed by atoms with Gasteiger partial charge in [-0.1, -0.05) is 56.3 Å². The molecule has 40 heavy (non-hydrogen) atoms. The number of benzene rings is 2. The van der Waals surface area contributed by atoms with Crippen LogP contribution in [0.25, 0.3) is 0 Å². The number of nitrogens with zero attached hydrogens (tertiary/aromatic N) is 2. The van der Waals surface area contributed by atoms with Crippen molar-refractivity contribution in [2.75, 3.05) is 0 Å². The van der Waals surface area contributed by atoms with Crippen molar-refractivity contribution < 1.29 is 29.5 Å². The van der Waals surface area contributed by atoms with Gasteiger partial charge in [-0.3, -0.25) is 19.4 Å². The number of hydrogen-bond donors (Lipinski definition) is 6. The van der Waals surface area contributed by atoms with E-state index in [1.165, 1.54) is 30.7 Å². The molecule has 12 heteroatoms. The zero-order valence-corrected chi connectivity index (χ0v) is 22.4. The summed E-state index contributed by atoms with van der Waals surface area (Å²) >= 11 is 0. The molecule has 3 rings (SSSR count). The van der Waals surface area contributed by atoms with E-state index in [-0.39, 0.29) is 30.2 Å². The summed E-state index contributed by atoms with van der Waals surface area (Å²) in [5, 5.41) is 37.3. The third-order valence-corrected chi connectivity index (χ3v) is 6.12. The van der Waals surface area contributed by atoms with Crippen LogP contribution in [0.15, 0.2) is 73.2 Å². The predicted molar refractivity (Wildman–Crippen MR) is 149 cm³/mol. The highest BCUT2D eigenvalue weighted by molar-refractivity contribution is 6.43. The highest BCUT2D eigenvalue weighted by atomic mass is 16.4. The summed E-state index contributed by atoms with van der Waals surface area (Å²) < 4.78 is 0. The van der Waals surface area contributed by atoms with Crippen molar-refractivity contribution in [3.63, 3.8) is 0 Å². The number of rotatable bonds is 13. The number of aromatic hydroxyl groups is 1. The van der Waals surface area contributed by atoms with Gasteiger partial charge in [0.05, 0.1) is 12.1 Å². The predicted octanol–water partition coefficient (Wildman–Crippen LogP) is 0.794. The molecule has 0 aliphatic carbocycles. The van der Waals surface area contributed by atoms with E-state index in [2.05, 4.69) is 25.9 Å². The Labute approximate surface area is 233 Å². The van der Waals surface area contributed by atoms with E-state index >= 15 is 0 Å². The van der Waals surface area contributed by atoms with Crippen LogP contribution in [0.5, 0.6) is 5.75 Å². The molecule has 11 nitrogen and oxygen atoms in total. The van der Waals surface area contributed by atoms with E-state index < -0.39 is 42.9 Å². The molecule has 0 radical (unpaired) electrons. The third kappa shape index (κ3) is 9.47. The van der Waals surface area contributed by atoms with Gasteiger partial charge < -0.3 is 31.1 Å². The SMILES string of the molecule is CC(C)C[C@@H](NC(=O)[C@H](Cc1ccccc1)NC(=O)[C@H](Cc1ccc(O)cc1)NC(=O)c1cnccn1)B(O)O. The first-order valence-electron chi connectivity index (χ1n) is 13.0. The van der Waals surface area contributed by atoms with Crippen LogP contribution < -0.4 is 16.0 Å². The molecule has 0 bridgehead atoms. The van der Waals surface area contributed by atoms with E-state index in [0.717, 1.165) is 5.56 Å². The Bertz CT molecular complexity index is 1250. The number of carbonyl (C=O) groups excluding carboxylic acids is 3. The van der Waals surface area contributed by atoms with Crippen LogP contribution >= 0.6 is 0 Å². The summed E-state index contributed by atoms with van der Waals surface area (Å²) in [5.74, 6) is -2.68. The maximum absolute atomic E-state index is 13.6. The van der Waals surface area contributed by atoms with Gasteiger partial charge in [-0.2, -0.15) is 0 Å². The van der Waals surface area contributed by atoms with E-state index in [4.69, 9.17) is 0 Å². The molecule has 3 aromatic rings. The smallest absolute Gasteiger partial charge is 0.475 e. The summed E-state index contributed by atoms with van der Waals surface area (Å²) in [4.78, 5) is 47.7. The average Bonchev–Trinajstić information content (AvgIpc) is 2.93. The van der Waals surface area contributed by atoms with Crippen molar-refractivity contribution in [3.8, 4) is 5.75 Å². The minimum absolute atomic E-state index is 0.0121. The zero-order chi connectivity index (χ0) is 29.1. The van der Waals surface area contributed by atoms with E-state index in [1.54, 1.807) is 24.3 Å². The number of phenols is 1. The monoisotopic (exact) mass is 547 g/mol. The van der Waals surface area contributed by atoms with Crippen molar-refractivity contribution >= 4 is 24.8 Å². The molecule has 0 aliphatic rings. The number of aromatic nitrogens is 2. The summed E-state index contributed by atoms with van der Waals surface area (Å²) in [7, 11) is -1.78. The van der Waals surface area contributed by atoms with Crippen LogP contribution in [0.2, 0.25) is 0 Å². The molecule has 3 amide bonds. The highest BCUT2D eigenvalue weighted by Crippen LogP contribution is 2.13. The van der Waals surface area contributed by atoms with Crippen molar-refractivity contribution in [2.45, 2.75) is 51.1 Å². The fourth-order valence-electron chi connectivity index (χ4n) is 4.10. The molecule has 1 heterocycles. The quantitative estimate of drug-likeness (QED) is 0.170. The van der Waals surface area contributed by atoms with Crippen molar-refractivity contribution in [1.29, 1.82) is 0 Å². The second kappa shape index (κ2) is 14.8. The molecule has 0 saturated carbocycles. The standard InChI is InChI=1S/C28H34BN5O6/c1-18(2)14-25(29(39)40)34-27(37)23(15-19-6-4-3-5-7-19)32-26(36)22(16-20-8-10-21(35)11-9-20)33-28(38)24-17-30-12-13-31-24/h3-13,17-18,22-23,25,35,39-40H,14-16H2,1-2H3,(H,32,36)(H,33,38)(H,34,37)/t22-,23-,25+/m0/s1. The molecule has 1 aromatic heterocycles. The lowest BCUT2D eigenvalue weighted by molar-refractivity contribution is -0.130. The Morgan fingerprint density at radius 3 is 2.00 bits per heavy atom. The molecule has 2 aromatic carbocycles. The van der Waals surface area contributed by atoms with E-state index in [9.17, 15) is 29.5 Å². The molecular formula is C28H34BN5O6. The second-order valence-electron chi connectivity index (χ2n) is 9.90. The minimum Gasteiger partial charge on any atom is -0.508 e. The Balaban J connectivity index is 1.85. The lowest BCUT2D eigenvalue weighted by Gasteiger charge is -2.26. The molecule has 6 N–H and O–H groups in total. The summed E-state index contributed by atoms with van der Waals surface area (Å²) in [6.07, 6.45) is 4.54. The fraction of sp³-hybridized carbons (Fsp3) is 0.321. The van der Waals surface area contributed by atoms with Gasteiger partial charge in [0.25, 0.3) is 5.91 Å². The largest absolute Gasteiger partial charge is 0.508 e. The molecular weight excluding hydrogens is 513 g/mol. The zero-order valence-electron chi connectivity index (χ0n) is 22.4. The first kappa shape index (κ1) is 30.3. The molecule has 0 unspecified atom stereocenters. The topological polar surface area (TPSA) is 174 Å². The average molecular weight is 547 g/mol. The van der Waals surface area contributed by atoms with Crippen LogP contribution in [-0.2, 0) is 22.4 Å². The summed E-state index contributed by atoms with van der Waals surface area (Å²) in [5.41, 5.74) is 1.44. The van der Waals surface area contributed by atoms with Gasteiger partial charge >= 0.3 is 7.12 Å². The fourth-order valence-corrected chi connectivity index (χ4v) is 4.10. The number of hydrogen-bond acceptors (Lipinski definition) is 8. The number of phenolic OH excluding ortho intramolecular Hbond substituents is 1. The Morgan fingerprint density at radius 2 is 1.43 bits per heavy atom. The molecule has 0 saturated heterocycles. The van der Waals surface area contributed by atoms with E-state index in [1.807, 2.05) is 32.0 Å². The number of carbonyl (C=O) groups is 3. The van der Waals surface area contributed by atoms with Gasteiger partial charge in [-0.25, -0.2) is 4.98 Å². The van der Waals surface area contributed by atoms with Crippen LogP contribution in [-0.4, -0.2) is 68.0 Å². The molecule has 3 atom stereocenters. The number of nitrogens with one attached hydrogen (secondary N) is 3. The van der Waals surface area contributed by atoms with Gasteiger partial charge in [0.2, 0.25) is 11.8 Å². The lowest BCUT2D eigenvalue weighted by atomic mass is 9.75. The van der Waals surface area contributed by atoms with Gasteiger partial charge in [0.15, 0.2) is 0 Å². The van der Waals surface area contributed by atoms with Crippen molar-refractivity contribution in [2.24, 2.45) is 5.92 Å². The van der Waals surface area contributed by atoms with Gasteiger partial charge in [0, 0.05) is 25.2 Å². The van der Waals surface area contributed by atoms with Crippen molar-refractivity contribution in [3.05, 3.63) is 90.0 Å². The highest BCUT2D eigenvalue weighted by Gasteiger charge is 2.32. The summed E-state index contributed by atoms with van der Waals surface area (Å²) in [6, 6.07) is 13.0.